The molecule has 0 saturated heterocycles. The molecule has 0 radical (unpaired) electrons. The van der Waals surface area contributed by atoms with Crippen molar-refractivity contribution in [1.82, 2.24) is 19.6 Å². The lowest BCUT2D eigenvalue weighted by atomic mass is 10.2. The Bertz CT molecular complexity index is 942. The van der Waals surface area contributed by atoms with Gasteiger partial charge in [0.25, 0.3) is 0 Å². The molecule has 0 amide bonds. The lowest BCUT2D eigenvalue weighted by Gasteiger charge is -2.11. The maximum atomic E-state index is 13.0. The number of nitrogens with zero attached hydrogens (tertiary/aromatic N) is 5. The van der Waals surface area contributed by atoms with Crippen LogP contribution in [0.15, 0.2) is 36.5 Å². The zero-order valence-corrected chi connectivity index (χ0v) is 13.5. The van der Waals surface area contributed by atoms with Gasteiger partial charge in [0.1, 0.15) is 5.69 Å². The normalized spacial score (nSPS) is 11.5. The summed E-state index contributed by atoms with van der Waals surface area (Å²) >= 11 is 0. The third kappa shape index (κ3) is 3.13. The first-order chi connectivity index (χ1) is 11.8. The molecule has 3 rings (SSSR count). The predicted molar refractivity (Wildman–Crippen MR) is 84.1 cm³/mol. The van der Waals surface area contributed by atoms with Crippen LogP contribution in [0, 0.1) is 25.2 Å². The third-order valence-corrected chi connectivity index (χ3v) is 4.00. The van der Waals surface area contributed by atoms with Gasteiger partial charge < -0.3 is 0 Å². The number of aromatic nitrogens is 4. The molecule has 128 valence electrons. The minimum atomic E-state index is -4.46. The highest BCUT2D eigenvalue weighted by molar-refractivity contribution is 5.41. The Morgan fingerprint density at radius 1 is 1.12 bits per heavy atom. The van der Waals surface area contributed by atoms with Crippen LogP contribution < -0.4 is 0 Å². The molecule has 0 saturated carbocycles. The van der Waals surface area contributed by atoms with Crippen molar-refractivity contribution in [2.75, 3.05) is 0 Å². The summed E-state index contributed by atoms with van der Waals surface area (Å²) in [4.78, 5) is 0. The first kappa shape index (κ1) is 16.8. The standard InChI is InChI=1S/C17H14F3N5/c1-11-15(10-24-16(7-8-22-24)17(18,19)20)12(2)25(23-11)14-5-3-13(9-21)4-6-14/h3-8H,10H2,1-2H3. The number of benzene rings is 1. The lowest BCUT2D eigenvalue weighted by molar-refractivity contribution is -0.144. The zero-order valence-electron chi connectivity index (χ0n) is 13.5. The first-order valence-corrected chi connectivity index (χ1v) is 7.46. The van der Waals surface area contributed by atoms with E-state index < -0.39 is 11.9 Å². The van der Waals surface area contributed by atoms with Crippen LogP contribution in [0.5, 0.6) is 0 Å². The van der Waals surface area contributed by atoms with Gasteiger partial charge in [0.15, 0.2) is 0 Å². The summed E-state index contributed by atoms with van der Waals surface area (Å²) in [6.45, 7) is 3.53. The van der Waals surface area contributed by atoms with Gasteiger partial charge in [0.05, 0.1) is 29.6 Å². The number of aryl methyl sites for hydroxylation is 1. The van der Waals surface area contributed by atoms with Crippen molar-refractivity contribution in [2.24, 2.45) is 0 Å². The van der Waals surface area contributed by atoms with Crippen molar-refractivity contribution >= 4 is 0 Å². The lowest BCUT2D eigenvalue weighted by Crippen LogP contribution is -2.16. The molecule has 0 aliphatic heterocycles. The van der Waals surface area contributed by atoms with E-state index in [0.29, 0.717) is 16.8 Å². The van der Waals surface area contributed by atoms with Crippen LogP contribution >= 0.6 is 0 Å². The average molecular weight is 345 g/mol. The number of halogens is 3. The van der Waals surface area contributed by atoms with Gasteiger partial charge in [-0.2, -0.15) is 28.6 Å². The summed E-state index contributed by atoms with van der Waals surface area (Å²) in [5.74, 6) is 0. The van der Waals surface area contributed by atoms with Crippen molar-refractivity contribution in [2.45, 2.75) is 26.6 Å². The molecule has 1 aromatic carbocycles. The molecule has 0 N–H and O–H groups in total. The van der Waals surface area contributed by atoms with Gasteiger partial charge in [0, 0.05) is 17.5 Å². The smallest absolute Gasteiger partial charge is 0.256 e. The molecule has 5 nitrogen and oxygen atoms in total. The molecule has 25 heavy (non-hydrogen) atoms. The SMILES string of the molecule is Cc1nn(-c2ccc(C#N)cc2)c(C)c1Cn1nccc1C(F)(F)F. The maximum absolute atomic E-state index is 13.0. The Morgan fingerprint density at radius 3 is 2.40 bits per heavy atom. The fourth-order valence-electron chi connectivity index (χ4n) is 2.68. The van der Waals surface area contributed by atoms with Crippen LogP contribution in [-0.4, -0.2) is 19.6 Å². The van der Waals surface area contributed by atoms with Crippen molar-refractivity contribution < 1.29 is 13.2 Å². The monoisotopic (exact) mass is 345 g/mol. The van der Waals surface area contributed by atoms with Gasteiger partial charge >= 0.3 is 6.18 Å². The quantitative estimate of drug-likeness (QED) is 0.728. The highest BCUT2D eigenvalue weighted by Gasteiger charge is 2.35. The number of alkyl halides is 3. The van der Waals surface area contributed by atoms with E-state index in [0.717, 1.165) is 28.3 Å². The van der Waals surface area contributed by atoms with E-state index >= 15 is 0 Å². The van der Waals surface area contributed by atoms with Crippen molar-refractivity contribution in [3.8, 4) is 11.8 Å². The molecule has 0 bridgehead atoms. The molecule has 0 aliphatic carbocycles. The summed E-state index contributed by atoms with van der Waals surface area (Å²) < 4.78 is 41.6. The Morgan fingerprint density at radius 2 is 1.80 bits per heavy atom. The highest BCUT2D eigenvalue weighted by Crippen LogP contribution is 2.30. The Labute approximate surface area is 141 Å². The second kappa shape index (κ2) is 6.09. The van der Waals surface area contributed by atoms with E-state index in [1.165, 1.54) is 0 Å². The fourth-order valence-corrected chi connectivity index (χ4v) is 2.68. The fraction of sp³-hybridized carbons (Fsp3) is 0.235. The largest absolute Gasteiger partial charge is 0.433 e. The summed E-state index contributed by atoms with van der Waals surface area (Å²) in [5.41, 5.74) is 2.51. The molecule has 2 heterocycles. The Kier molecular flexibility index (Phi) is 4.08. The van der Waals surface area contributed by atoms with Gasteiger partial charge in [-0.1, -0.05) is 0 Å². The molecular formula is C17H14F3N5. The Hall–Kier alpha value is -3.08. The molecule has 3 aromatic rings. The summed E-state index contributed by atoms with van der Waals surface area (Å²) in [6.07, 6.45) is -3.32. The zero-order chi connectivity index (χ0) is 18.2. The number of rotatable bonds is 3. The average Bonchev–Trinajstić information content (AvgIpc) is 3.15. The van der Waals surface area contributed by atoms with Crippen LogP contribution in [0.3, 0.4) is 0 Å². The number of hydrogen-bond acceptors (Lipinski definition) is 3. The van der Waals surface area contributed by atoms with Gasteiger partial charge in [-0.05, 0) is 44.2 Å². The van der Waals surface area contributed by atoms with E-state index in [2.05, 4.69) is 10.2 Å². The molecule has 0 unspecified atom stereocenters. The molecule has 0 spiro atoms. The van der Waals surface area contributed by atoms with E-state index in [1.54, 1.807) is 42.8 Å². The molecule has 0 aliphatic rings. The minimum absolute atomic E-state index is 0.0181. The van der Waals surface area contributed by atoms with Gasteiger partial charge in [-0.25, -0.2) is 4.68 Å². The highest BCUT2D eigenvalue weighted by atomic mass is 19.4. The van der Waals surface area contributed by atoms with E-state index in [4.69, 9.17) is 5.26 Å². The topological polar surface area (TPSA) is 59.4 Å². The van der Waals surface area contributed by atoms with Crippen molar-refractivity contribution in [3.63, 3.8) is 0 Å². The van der Waals surface area contributed by atoms with Crippen molar-refractivity contribution in [1.29, 1.82) is 5.26 Å². The van der Waals surface area contributed by atoms with E-state index in [9.17, 15) is 13.2 Å². The summed E-state index contributed by atoms with van der Waals surface area (Å²) in [5, 5.41) is 17.1. The van der Waals surface area contributed by atoms with Crippen LogP contribution in [-0.2, 0) is 12.7 Å². The van der Waals surface area contributed by atoms with Crippen LogP contribution in [0.2, 0.25) is 0 Å². The second-order valence-corrected chi connectivity index (χ2v) is 5.59. The Balaban J connectivity index is 1.98. The molecular weight excluding hydrogens is 331 g/mol. The summed E-state index contributed by atoms with van der Waals surface area (Å²) in [7, 11) is 0. The van der Waals surface area contributed by atoms with Gasteiger partial charge in [-0.3, -0.25) is 4.68 Å². The second-order valence-electron chi connectivity index (χ2n) is 5.59. The third-order valence-electron chi connectivity index (χ3n) is 4.00. The van der Waals surface area contributed by atoms with Crippen LogP contribution in [0.4, 0.5) is 13.2 Å². The number of nitriles is 1. The van der Waals surface area contributed by atoms with Crippen LogP contribution in [0.25, 0.3) is 5.69 Å². The van der Waals surface area contributed by atoms with Gasteiger partial charge in [-0.15, -0.1) is 0 Å². The van der Waals surface area contributed by atoms with Crippen molar-refractivity contribution in [3.05, 3.63) is 64.7 Å². The molecule has 0 fully saturated rings. The van der Waals surface area contributed by atoms with Gasteiger partial charge in [0.2, 0.25) is 0 Å². The summed E-state index contributed by atoms with van der Waals surface area (Å²) in [6, 6.07) is 9.82. The van der Waals surface area contributed by atoms with E-state index in [1.807, 2.05) is 6.07 Å². The van der Waals surface area contributed by atoms with Crippen LogP contribution in [0.1, 0.15) is 28.2 Å². The number of hydrogen-bond donors (Lipinski definition) is 0. The first-order valence-electron chi connectivity index (χ1n) is 7.46. The molecule has 2 aromatic heterocycles. The predicted octanol–water partition coefficient (Wildman–Crippen LogP) is 3.62. The molecule has 0 atom stereocenters. The maximum Gasteiger partial charge on any atom is 0.433 e. The minimum Gasteiger partial charge on any atom is -0.256 e. The van der Waals surface area contributed by atoms with E-state index in [-0.39, 0.29) is 6.54 Å². The molecule has 8 heteroatoms.